The Kier molecular flexibility index (Phi) is 5.91. The van der Waals surface area contributed by atoms with Crippen molar-refractivity contribution in [2.24, 2.45) is 0 Å². The van der Waals surface area contributed by atoms with Crippen molar-refractivity contribution in [2.45, 2.75) is 19.8 Å². The number of fused-ring (bicyclic) bond motifs is 1. The van der Waals surface area contributed by atoms with Crippen LogP contribution in [0.5, 0.6) is 11.5 Å². The molecule has 5 nitrogen and oxygen atoms in total. The summed E-state index contributed by atoms with van der Waals surface area (Å²) in [6.45, 7) is 2.08. The van der Waals surface area contributed by atoms with Gasteiger partial charge in [0.15, 0.2) is 28.8 Å². The second-order valence-corrected chi connectivity index (χ2v) is 8.06. The largest absolute Gasteiger partial charge is 0.493 e. The van der Waals surface area contributed by atoms with Crippen LogP contribution in [0.15, 0.2) is 58.3 Å². The van der Waals surface area contributed by atoms with Gasteiger partial charge in [0.05, 0.1) is 14.2 Å². The van der Waals surface area contributed by atoms with Gasteiger partial charge in [-0.25, -0.2) is 0 Å². The third-order valence-electron chi connectivity index (χ3n) is 5.23. The first kappa shape index (κ1) is 20.9. The molecule has 0 N–H and O–H groups in total. The number of benzene rings is 2. The molecule has 4 rings (SSSR count). The highest BCUT2D eigenvalue weighted by Crippen LogP contribution is 2.36. The van der Waals surface area contributed by atoms with E-state index in [4.69, 9.17) is 13.9 Å². The van der Waals surface area contributed by atoms with Crippen LogP contribution in [0.3, 0.4) is 0 Å². The minimum absolute atomic E-state index is 0.0730. The van der Waals surface area contributed by atoms with E-state index in [1.807, 2.05) is 17.5 Å². The van der Waals surface area contributed by atoms with E-state index in [2.05, 4.69) is 19.1 Å². The molecule has 0 atom stereocenters. The second-order valence-electron chi connectivity index (χ2n) is 7.18. The predicted octanol–water partition coefficient (Wildman–Crippen LogP) is 6.33. The maximum Gasteiger partial charge on any atom is 0.198 e. The molecule has 0 aliphatic rings. The van der Waals surface area contributed by atoms with Crippen LogP contribution in [0.4, 0.5) is 0 Å². The van der Waals surface area contributed by atoms with E-state index in [0.717, 1.165) is 10.9 Å². The number of hydrogen-bond acceptors (Lipinski definition) is 6. The lowest BCUT2D eigenvalue weighted by atomic mass is 10.0. The van der Waals surface area contributed by atoms with Gasteiger partial charge in [0.1, 0.15) is 5.76 Å². The summed E-state index contributed by atoms with van der Waals surface area (Å²) in [5.41, 5.74) is 2.67. The lowest BCUT2D eigenvalue weighted by molar-refractivity contribution is 0.0902. The fourth-order valence-electron chi connectivity index (χ4n) is 3.53. The van der Waals surface area contributed by atoms with Crippen LogP contribution in [0, 0.1) is 6.92 Å². The van der Waals surface area contributed by atoms with Crippen molar-refractivity contribution in [3.63, 3.8) is 0 Å². The highest BCUT2D eigenvalue weighted by Gasteiger charge is 2.18. The number of methoxy groups -OCH3 is 2. The SMILES string of the molecule is COc1ccc(C(=O)CCC(=O)c2ccc(-c3csc4c(C)cccc34)o2)cc1OC. The summed E-state index contributed by atoms with van der Waals surface area (Å²) in [4.78, 5) is 25.2. The number of rotatable bonds is 8. The smallest absolute Gasteiger partial charge is 0.198 e. The van der Waals surface area contributed by atoms with Gasteiger partial charge >= 0.3 is 0 Å². The Morgan fingerprint density at radius 1 is 0.935 bits per heavy atom. The zero-order valence-electron chi connectivity index (χ0n) is 17.6. The first-order valence-corrected chi connectivity index (χ1v) is 10.7. The van der Waals surface area contributed by atoms with Gasteiger partial charge in [0.25, 0.3) is 0 Å². The van der Waals surface area contributed by atoms with Gasteiger partial charge in [-0.2, -0.15) is 0 Å². The Bertz CT molecular complexity index is 1260. The number of carbonyl (C=O) groups excluding carboxylic acids is 2. The van der Waals surface area contributed by atoms with Gasteiger partial charge in [-0.15, -0.1) is 11.3 Å². The summed E-state index contributed by atoms with van der Waals surface area (Å²) < 4.78 is 17.5. The lowest BCUT2D eigenvalue weighted by Gasteiger charge is -2.08. The Morgan fingerprint density at radius 3 is 2.48 bits per heavy atom. The molecular formula is C25H22O5S. The molecule has 0 aliphatic carbocycles. The molecule has 0 radical (unpaired) electrons. The summed E-state index contributed by atoms with van der Waals surface area (Å²) in [6, 6.07) is 14.6. The summed E-state index contributed by atoms with van der Waals surface area (Å²) in [5, 5.41) is 3.16. The fraction of sp³-hybridized carbons (Fsp3) is 0.200. The average Bonchev–Trinajstić information content (AvgIpc) is 3.44. The van der Waals surface area contributed by atoms with Crippen LogP contribution in [0.25, 0.3) is 21.4 Å². The second kappa shape index (κ2) is 8.78. The van der Waals surface area contributed by atoms with Crippen LogP contribution >= 0.6 is 11.3 Å². The Morgan fingerprint density at radius 2 is 1.71 bits per heavy atom. The van der Waals surface area contributed by atoms with Crippen molar-refractivity contribution >= 4 is 33.0 Å². The Hall–Kier alpha value is -3.38. The molecule has 0 saturated heterocycles. The Labute approximate surface area is 184 Å². The molecular weight excluding hydrogens is 412 g/mol. The molecule has 0 fully saturated rings. The topological polar surface area (TPSA) is 65.7 Å². The third kappa shape index (κ3) is 4.11. The third-order valence-corrected chi connectivity index (χ3v) is 6.36. The lowest BCUT2D eigenvalue weighted by Crippen LogP contribution is -2.05. The monoisotopic (exact) mass is 434 g/mol. The normalized spacial score (nSPS) is 10.9. The number of carbonyl (C=O) groups is 2. The van der Waals surface area contributed by atoms with Crippen LogP contribution in [0.1, 0.15) is 39.3 Å². The molecule has 158 valence electrons. The minimum atomic E-state index is -0.198. The Balaban J connectivity index is 1.46. The molecule has 2 aromatic carbocycles. The van der Waals surface area contributed by atoms with E-state index in [1.54, 1.807) is 35.6 Å². The van der Waals surface area contributed by atoms with Crippen LogP contribution in [-0.4, -0.2) is 25.8 Å². The number of thiophene rings is 1. The molecule has 0 amide bonds. The zero-order chi connectivity index (χ0) is 22.0. The zero-order valence-corrected chi connectivity index (χ0v) is 18.4. The average molecular weight is 435 g/mol. The number of hydrogen-bond donors (Lipinski definition) is 0. The van der Waals surface area contributed by atoms with Gasteiger partial charge in [0, 0.05) is 39.4 Å². The number of Topliss-reactive ketones (excluding diaryl/α,β-unsaturated/α-hetero) is 2. The van der Waals surface area contributed by atoms with Gasteiger partial charge in [-0.05, 0) is 42.8 Å². The van der Waals surface area contributed by atoms with E-state index in [-0.39, 0.29) is 30.2 Å². The van der Waals surface area contributed by atoms with Crippen LogP contribution < -0.4 is 9.47 Å². The summed E-state index contributed by atoms with van der Waals surface area (Å²) in [7, 11) is 3.05. The molecule has 31 heavy (non-hydrogen) atoms. The molecule has 0 spiro atoms. The maximum absolute atomic E-state index is 12.6. The maximum atomic E-state index is 12.6. The molecule has 0 unspecified atom stereocenters. The highest BCUT2D eigenvalue weighted by atomic mass is 32.1. The molecule has 2 aromatic heterocycles. The summed E-state index contributed by atoms with van der Waals surface area (Å²) >= 11 is 1.66. The van der Waals surface area contributed by atoms with Gasteiger partial charge < -0.3 is 13.9 Å². The number of ketones is 2. The molecule has 6 heteroatoms. The summed E-state index contributed by atoms with van der Waals surface area (Å²) in [6.07, 6.45) is 0.161. The predicted molar refractivity (Wildman–Crippen MR) is 122 cm³/mol. The van der Waals surface area contributed by atoms with Gasteiger partial charge in [0.2, 0.25) is 0 Å². The van der Waals surface area contributed by atoms with Crippen molar-refractivity contribution in [1.29, 1.82) is 0 Å². The molecule has 0 bridgehead atoms. The van der Waals surface area contributed by atoms with Gasteiger partial charge in [-0.1, -0.05) is 18.2 Å². The quantitative estimate of drug-likeness (QED) is 0.303. The minimum Gasteiger partial charge on any atom is -0.493 e. The first-order valence-electron chi connectivity index (χ1n) is 9.87. The number of ether oxygens (including phenoxy) is 2. The molecule has 0 saturated carbocycles. The standard InChI is InChI=1S/C25H22O5S/c1-15-5-4-6-17-18(14-31-25(15)17)21-11-12-22(30-21)20(27)9-8-19(26)16-7-10-23(28-2)24(13-16)29-3/h4-7,10-14H,8-9H2,1-3H3. The first-order chi connectivity index (χ1) is 15.0. The number of furan rings is 1. The van der Waals surface area contributed by atoms with Crippen molar-refractivity contribution in [2.75, 3.05) is 14.2 Å². The van der Waals surface area contributed by atoms with Crippen molar-refractivity contribution < 1.29 is 23.5 Å². The highest BCUT2D eigenvalue weighted by molar-refractivity contribution is 7.18. The van der Waals surface area contributed by atoms with E-state index in [0.29, 0.717) is 22.8 Å². The fourth-order valence-corrected chi connectivity index (χ4v) is 4.57. The summed E-state index contributed by atoms with van der Waals surface area (Å²) in [5.74, 6) is 1.62. The van der Waals surface area contributed by atoms with Crippen molar-refractivity contribution in [1.82, 2.24) is 0 Å². The van der Waals surface area contributed by atoms with E-state index < -0.39 is 0 Å². The molecule has 2 heterocycles. The molecule has 4 aromatic rings. The van der Waals surface area contributed by atoms with Crippen LogP contribution in [0.2, 0.25) is 0 Å². The number of aryl methyl sites for hydroxylation is 1. The van der Waals surface area contributed by atoms with E-state index in [1.165, 1.54) is 24.5 Å². The van der Waals surface area contributed by atoms with Crippen molar-refractivity contribution in [3.8, 4) is 22.8 Å². The van der Waals surface area contributed by atoms with Crippen LogP contribution in [-0.2, 0) is 0 Å². The van der Waals surface area contributed by atoms with Gasteiger partial charge in [-0.3, -0.25) is 9.59 Å². The molecule has 0 aliphatic heterocycles. The van der Waals surface area contributed by atoms with E-state index >= 15 is 0 Å². The van der Waals surface area contributed by atoms with Crippen molar-refractivity contribution in [3.05, 3.63) is 70.8 Å². The van der Waals surface area contributed by atoms with E-state index in [9.17, 15) is 9.59 Å².